The number of aldehydes is 1. The third-order valence-corrected chi connectivity index (χ3v) is 2.01. The Labute approximate surface area is 94.2 Å². The quantitative estimate of drug-likeness (QED) is 0.371. The first-order valence-electron chi connectivity index (χ1n) is 5.26. The molecule has 0 saturated heterocycles. The molecule has 1 amide bonds. The lowest BCUT2D eigenvalue weighted by Gasteiger charge is -2.10. The van der Waals surface area contributed by atoms with Crippen LogP contribution in [0.4, 0.5) is 0 Å². The molecule has 0 saturated carbocycles. The molecule has 0 aliphatic rings. The molecule has 0 aromatic heterocycles. The van der Waals surface area contributed by atoms with E-state index in [0.29, 0.717) is 25.7 Å². The summed E-state index contributed by atoms with van der Waals surface area (Å²) in [5.41, 5.74) is 5.29. The molecule has 6 nitrogen and oxygen atoms in total. The van der Waals surface area contributed by atoms with Crippen LogP contribution in [0.15, 0.2) is 0 Å². The molecule has 16 heavy (non-hydrogen) atoms. The summed E-state index contributed by atoms with van der Waals surface area (Å²) in [6, 6.07) is -0.931. The minimum Gasteiger partial charge on any atom is -0.481 e. The van der Waals surface area contributed by atoms with Gasteiger partial charge in [0.1, 0.15) is 6.29 Å². The van der Waals surface area contributed by atoms with Gasteiger partial charge in [0.2, 0.25) is 5.91 Å². The molecule has 0 unspecified atom stereocenters. The van der Waals surface area contributed by atoms with Crippen molar-refractivity contribution in [3.05, 3.63) is 0 Å². The van der Waals surface area contributed by atoms with Crippen molar-refractivity contribution in [2.75, 3.05) is 6.54 Å². The second kappa shape index (κ2) is 8.84. The Morgan fingerprint density at radius 1 is 1.31 bits per heavy atom. The standard InChI is InChI=1S/C10H18N2O4/c11-5-3-1-2-4-9(14)12-8(7-13)6-10(15)16/h7-8H,1-6,11H2,(H,12,14)(H,15,16)/t8-/m0/s1. The van der Waals surface area contributed by atoms with E-state index in [0.717, 1.165) is 12.8 Å². The molecular weight excluding hydrogens is 212 g/mol. The Balaban J connectivity index is 3.74. The van der Waals surface area contributed by atoms with E-state index in [4.69, 9.17) is 10.8 Å². The summed E-state index contributed by atoms with van der Waals surface area (Å²) in [7, 11) is 0. The van der Waals surface area contributed by atoms with Gasteiger partial charge in [-0.3, -0.25) is 9.59 Å². The van der Waals surface area contributed by atoms with Gasteiger partial charge in [-0.1, -0.05) is 6.42 Å². The minimum atomic E-state index is -1.11. The van der Waals surface area contributed by atoms with Crippen molar-refractivity contribution in [1.82, 2.24) is 5.32 Å². The highest BCUT2D eigenvalue weighted by Crippen LogP contribution is 1.99. The molecule has 0 radical (unpaired) electrons. The van der Waals surface area contributed by atoms with Crippen molar-refractivity contribution in [1.29, 1.82) is 0 Å². The topological polar surface area (TPSA) is 109 Å². The first-order valence-corrected chi connectivity index (χ1v) is 5.26. The Bertz CT molecular complexity index is 243. The first-order chi connectivity index (χ1) is 7.60. The average Bonchev–Trinajstić information content (AvgIpc) is 2.23. The van der Waals surface area contributed by atoms with Crippen molar-refractivity contribution in [2.24, 2.45) is 5.73 Å². The van der Waals surface area contributed by atoms with Crippen LogP contribution in [0.25, 0.3) is 0 Å². The summed E-state index contributed by atoms with van der Waals surface area (Å²) in [6.07, 6.45) is 2.77. The highest BCUT2D eigenvalue weighted by Gasteiger charge is 2.14. The highest BCUT2D eigenvalue weighted by molar-refractivity contribution is 5.82. The zero-order chi connectivity index (χ0) is 12.4. The minimum absolute atomic E-state index is 0.296. The summed E-state index contributed by atoms with van der Waals surface area (Å²) in [5, 5.41) is 10.8. The predicted molar refractivity (Wildman–Crippen MR) is 57.8 cm³/mol. The molecule has 0 heterocycles. The Morgan fingerprint density at radius 2 is 2.00 bits per heavy atom. The average molecular weight is 230 g/mol. The van der Waals surface area contributed by atoms with Crippen LogP contribution >= 0.6 is 0 Å². The largest absolute Gasteiger partial charge is 0.481 e. The van der Waals surface area contributed by atoms with Gasteiger partial charge in [-0.15, -0.1) is 0 Å². The summed E-state index contributed by atoms with van der Waals surface area (Å²) in [6.45, 7) is 0.595. The number of hydrogen-bond donors (Lipinski definition) is 3. The van der Waals surface area contributed by atoms with Crippen molar-refractivity contribution in [3.8, 4) is 0 Å². The van der Waals surface area contributed by atoms with E-state index in [1.165, 1.54) is 0 Å². The van der Waals surface area contributed by atoms with E-state index in [-0.39, 0.29) is 12.3 Å². The number of hydrogen-bond acceptors (Lipinski definition) is 4. The second-order valence-electron chi connectivity index (χ2n) is 3.51. The van der Waals surface area contributed by atoms with Crippen LogP contribution in [0.5, 0.6) is 0 Å². The molecule has 0 aromatic rings. The SMILES string of the molecule is NCCCCCC(=O)N[C@H](C=O)CC(=O)O. The number of aliphatic carboxylic acids is 1. The fourth-order valence-electron chi connectivity index (χ4n) is 1.21. The summed E-state index contributed by atoms with van der Waals surface area (Å²) in [5.74, 6) is -1.41. The van der Waals surface area contributed by atoms with E-state index >= 15 is 0 Å². The summed E-state index contributed by atoms with van der Waals surface area (Å²) < 4.78 is 0. The third-order valence-electron chi connectivity index (χ3n) is 2.01. The maximum atomic E-state index is 11.3. The van der Waals surface area contributed by atoms with Crippen LogP contribution < -0.4 is 11.1 Å². The van der Waals surface area contributed by atoms with E-state index in [9.17, 15) is 14.4 Å². The number of carboxylic acids is 1. The molecule has 6 heteroatoms. The molecule has 0 fully saturated rings. The van der Waals surface area contributed by atoms with Gasteiger partial charge < -0.3 is 21.0 Å². The van der Waals surface area contributed by atoms with Gasteiger partial charge in [0, 0.05) is 6.42 Å². The number of unbranched alkanes of at least 4 members (excludes halogenated alkanes) is 2. The van der Waals surface area contributed by atoms with Gasteiger partial charge >= 0.3 is 5.97 Å². The fraction of sp³-hybridized carbons (Fsp3) is 0.700. The van der Waals surface area contributed by atoms with Crippen molar-refractivity contribution >= 4 is 18.2 Å². The number of nitrogens with two attached hydrogens (primary N) is 1. The zero-order valence-electron chi connectivity index (χ0n) is 9.15. The third kappa shape index (κ3) is 7.93. The van der Waals surface area contributed by atoms with Gasteiger partial charge in [-0.2, -0.15) is 0 Å². The van der Waals surface area contributed by atoms with Crippen LogP contribution in [0.3, 0.4) is 0 Å². The Morgan fingerprint density at radius 3 is 2.50 bits per heavy atom. The molecule has 4 N–H and O–H groups in total. The molecule has 0 bridgehead atoms. The smallest absolute Gasteiger partial charge is 0.305 e. The van der Waals surface area contributed by atoms with E-state index in [1.807, 2.05) is 0 Å². The number of amides is 1. The molecule has 1 atom stereocenters. The number of carbonyl (C=O) groups excluding carboxylic acids is 2. The van der Waals surface area contributed by atoms with Crippen LogP contribution in [-0.4, -0.2) is 35.9 Å². The number of rotatable bonds is 9. The normalized spacial score (nSPS) is 11.8. The summed E-state index contributed by atoms with van der Waals surface area (Å²) in [4.78, 5) is 32.0. The van der Waals surface area contributed by atoms with Crippen molar-refractivity contribution in [2.45, 2.75) is 38.1 Å². The lowest BCUT2D eigenvalue weighted by Crippen LogP contribution is -2.37. The first kappa shape index (κ1) is 14.6. The molecular formula is C10H18N2O4. The Hall–Kier alpha value is -1.43. The Kier molecular flexibility index (Phi) is 8.05. The van der Waals surface area contributed by atoms with E-state index in [2.05, 4.69) is 5.32 Å². The number of carbonyl (C=O) groups is 3. The maximum absolute atomic E-state index is 11.3. The van der Waals surface area contributed by atoms with Gasteiger partial charge in [0.05, 0.1) is 12.5 Å². The van der Waals surface area contributed by atoms with Crippen LogP contribution in [0, 0.1) is 0 Å². The van der Waals surface area contributed by atoms with Crippen LogP contribution in [-0.2, 0) is 14.4 Å². The van der Waals surface area contributed by atoms with Gasteiger partial charge in [-0.25, -0.2) is 0 Å². The van der Waals surface area contributed by atoms with Gasteiger partial charge in [0.25, 0.3) is 0 Å². The van der Waals surface area contributed by atoms with Crippen molar-refractivity contribution < 1.29 is 19.5 Å². The number of carboxylic acid groups (broad SMARTS) is 1. The van der Waals surface area contributed by atoms with Crippen molar-refractivity contribution in [3.63, 3.8) is 0 Å². The highest BCUT2D eigenvalue weighted by atomic mass is 16.4. The maximum Gasteiger partial charge on any atom is 0.305 e. The van der Waals surface area contributed by atoms with Gasteiger partial charge in [-0.05, 0) is 19.4 Å². The monoisotopic (exact) mass is 230 g/mol. The number of nitrogens with one attached hydrogen (secondary N) is 1. The summed E-state index contributed by atoms with van der Waals surface area (Å²) >= 11 is 0. The fourth-order valence-corrected chi connectivity index (χ4v) is 1.21. The molecule has 92 valence electrons. The lowest BCUT2D eigenvalue weighted by atomic mass is 10.1. The molecule has 0 aliphatic heterocycles. The second-order valence-corrected chi connectivity index (χ2v) is 3.51. The predicted octanol–water partition coefficient (Wildman–Crippen LogP) is -0.336. The van der Waals surface area contributed by atoms with Gasteiger partial charge in [0.15, 0.2) is 0 Å². The molecule has 0 spiro atoms. The van der Waals surface area contributed by atoms with Crippen LogP contribution in [0.2, 0.25) is 0 Å². The zero-order valence-corrected chi connectivity index (χ0v) is 9.15. The van der Waals surface area contributed by atoms with E-state index in [1.54, 1.807) is 0 Å². The molecule has 0 aromatic carbocycles. The lowest BCUT2D eigenvalue weighted by molar-refractivity contribution is -0.138. The van der Waals surface area contributed by atoms with Crippen LogP contribution in [0.1, 0.15) is 32.1 Å². The molecule has 0 aliphatic carbocycles. The molecule has 0 rings (SSSR count). The van der Waals surface area contributed by atoms with E-state index < -0.39 is 12.0 Å².